The molecule has 1 N–H and O–H groups in total. The third-order valence-corrected chi connectivity index (χ3v) is 5.26. The van der Waals surface area contributed by atoms with Crippen LogP contribution >= 0.6 is 11.6 Å². The van der Waals surface area contributed by atoms with Crippen LogP contribution in [0.25, 0.3) is 0 Å². The second-order valence-electron chi connectivity index (χ2n) is 6.82. The average molecular weight is 365 g/mol. The lowest BCUT2D eigenvalue weighted by atomic mass is 10.1. The van der Waals surface area contributed by atoms with Crippen LogP contribution in [0.5, 0.6) is 5.75 Å². The van der Waals surface area contributed by atoms with Crippen molar-refractivity contribution in [3.8, 4) is 5.75 Å². The Morgan fingerprint density at radius 3 is 2.88 bits per heavy atom. The van der Waals surface area contributed by atoms with Crippen molar-refractivity contribution in [3.05, 3.63) is 42.1 Å². The van der Waals surface area contributed by atoms with Crippen molar-refractivity contribution in [1.82, 2.24) is 15.1 Å². The topological polar surface area (TPSA) is 40.1 Å². The largest absolute Gasteiger partial charge is 0.493 e. The molecule has 0 aliphatic carbocycles. The highest BCUT2D eigenvalue weighted by molar-refractivity contribution is 6.28. The second kappa shape index (κ2) is 7.22. The molecule has 0 radical (unpaired) electrons. The van der Waals surface area contributed by atoms with Gasteiger partial charge in [0, 0.05) is 44.4 Å². The fourth-order valence-corrected chi connectivity index (χ4v) is 3.99. The monoisotopic (exact) mass is 364 g/mol. The number of nitrogens with one attached hydrogen (secondary N) is 1. The highest BCUT2D eigenvalue weighted by Crippen LogP contribution is 2.28. The lowest BCUT2D eigenvalue weighted by Gasteiger charge is -2.40. The van der Waals surface area contributed by atoms with Crippen LogP contribution in [0.3, 0.4) is 0 Å². The van der Waals surface area contributed by atoms with Gasteiger partial charge in [-0.05, 0) is 30.7 Å². The van der Waals surface area contributed by atoms with E-state index in [2.05, 4.69) is 20.1 Å². The first-order valence-electron chi connectivity index (χ1n) is 8.69. The van der Waals surface area contributed by atoms with E-state index in [0.717, 1.165) is 44.2 Å². The van der Waals surface area contributed by atoms with Gasteiger partial charge in [-0.2, -0.15) is 0 Å². The average Bonchev–Trinajstić information content (AvgIpc) is 3.03. The summed E-state index contributed by atoms with van der Waals surface area (Å²) in [5.74, 6) is 2.00. The molecule has 3 atom stereocenters. The summed E-state index contributed by atoms with van der Waals surface area (Å²) in [5.41, 5.74) is -0.238. The SMILES string of the molecule is Fc1ccc(OC[C@H]2CC3CN(C4=CN=CC(Cl)N4)CCN3C2)cc1. The fraction of sp³-hybridized carbons (Fsp3) is 0.500. The summed E-state index contributed by atoms with van der Waals surface area (Å²) >= 11 is 6.10. The highest BCUT2D eigenvalue weighted by Gasteiger charge is 2.37. The molecule has 7 heteroatoms. The summed E-state index contributed by atoms with van der Waals surface area (Å²) in [4.78, 5) is 9.07. The van der Waals surface area contributed by atoms with Gasteiger partial charge in [-0.3, -0.25) is 9.89 Å². The van der Waals surface area contributed by atoms with E-state index in [4.69, 9.17) is 16.3 Å². The van der Waals surface area contributed by atoms with E-state index in [0.29, 0.717) is 18.6 Å². The third-order valence-electron chi connectivity index (χ3n) is 5.04. The number of nitrogens with zero attached hydrogens (tertiary/aromatic N) is 3. The van der Waals surface area contributed by atoms with Gasteiger partial charge in [0.05, 0.1) is 12.8 Å². The van der Waals surface area contributed by atoms with Crippen molar-refractivity contribution in [1.29, 1.82) is 0 Å². The minimum atomic E-state index is -0.238. The van der Waals surface area contributed by atoms with Crippen LogP contribution in [0, 0.1) is 11.7 Å². The van der Waals surface area contributed by atoms with E-state index in [-0.39, 0.29) is 11.3 Å². The number of piperazine rings is 1. The number of alkyl halides is 1. The zero-order chi connectivity index (χ0) is 17.2. The van der Waals surface area contributed by atoms with Gasteiger partial charge in [0.1, 0.15) is 22.9 Å². The van der Waals surface area contributed by atoms with Gasteiger partial charge in [-0.1, -0.05) is 11.6 Å². The maximum Gasteiger partial charge on any atom is 0.138 e. The van der Waals surface area contributed by atoms with Gasteiger partial charge < -0.3 is 15.0 Å². The maximum atomic E-state index is 12.9. The van der Waals surface area contributed by atoms with E-state index < -0.39 is 0 Å². The van der Waals surface area contributed by atoms with Crippen molar-refractivity contribution in [2.75, 3.05) is 32.8 Å². The third kappa shape index (κ3) is 3.90. The number of fused-ring (bicyclic) bond motifs is 1. The lowest BCUT2D eigenvalue weighted by molar-refractivity contribution is 0.122. The number of aliphatic imine (C=N–C) groups is 1. The Balaban J connectivity index is 1.30. The van der Waals surface area contributed by atoms with Crippen molar-refractivity contribution in [2.45, 2.75) is 18.0 Å². The van der Waals surface area contributed by atoms with Gasteiger partial charge in [0.15, 0.2) is 0 Å². The molecule has 2 fully saturated rings. The van der Waals surface area contributed by atoms with Crippen molar-refractivity contribution in [2.24, 2.45) is 10.9 Å². The first-order chi connectivity index (χ1) is 12.2. The van der Waals surface area contributed by atoms with Gasteiger partial charge in [-0.25, -0.2) is 4.39 Å². The molecular formula is C18H22ClFN4O. The standard InChI is InChI=1S/C18H22ClFN4O/c19-17-8-21-9-18(22-17)24-6-5-23-10-13(7-15(23)11-24)12-25-16-3-1-14(20)2-4-16/h1-4,8-9,13,15,17,22H,5-7,10-12H2/t13-,15?,17?/m0/s1. The Labute approximate surface area is 152 Å². The Morgan fingerprint density at radius 2 is 2.08 bits per heavy atom. The first-order valence-corrected chi connectivity index (χ1v) is 9.12. The Kier molecular flexibility index (Phi) is 4.81. The van der Waals surface area contributed by atoms with Crippen LogP contribution in [0.2, 0.25) is 0 Å². The van der Waals surface area contributed by atoms with Gasteiger partial charge in [-0.15, -0.1) is 0 Å². The molecule has 0 bridgehead atoms. The molecule has 0 aromatic heterocycles. The van der Waals surface area contributed by atoms with Crippen LogP contribution in [0.1, 0.15) is 6.42 Å². The smallest absolute Gasteiger partial charge is 0.138 e. The van der Waals surface area contributed by atoms with E-state index in [1.165, 1.54) is 12.1 Å². The first kappa shape index (κ1) is 16.7. The molecule has 1 aromatic rings. The van der Waals surface area contributed by atoms with Crippen molar-refractivity contribution >= 4 is 17.8 Å². The summed E-state index contributed by atoms with van der Waals surface area (Å²) in [7, 11) is 0. The van der Waals surface area contributed by atoms with E-state index >= 15 is 0 Å². The molecule has 134 valence electrons. The molecule has 3 aliphatic heterocycles. The number of hydrogen-bond donors (Lipinski definition) is 1. The molecule has 4 rings (SSSR count). The molecule has 2 unspecified atom stereocenters. The molecule has 3 heterocycles. The summed E-state index contributed by atoms with van der Waals surface area (Å²) in [6.45, 7) is 4.72. The summed E-state index contributed by atoms with van der Waals surface area (Å²) < 4.78 is 18.8. The maximum absolute atomic E-state index is 12.9. The van der Waals surface area contributed by atoms with E-state index in [1.54, 1.807) is 18.3 Å². The van der Waals surface area contributed by atoms with Crippen molar-refractivity contribution in [3.63, 3.8) is 0 Å². The minimum Gasteiger partial charge on any atom is -0.493 e. The Hall–Kier alpha value is -1.79. The van der Waals surface area contributed by atoms with Crippen LogP contribution in [0.4, 0.5) is 4.39 Å². The number of ether oxygens (including phenoxy) is 1. The number of benzene rings is 1. The predicted molar refractivity (Wildman–Crippen MR) is 96.3 cm³/mol. The predicted octanol–water partition coefficient (Wildman–Crippen LogP) is 2.25. The number of hydrogen-bond acceptors (Lipinski definition) is 5. The normalized spacial score (nSPS) is 29.1. The summed E-state index contributed by atoms with van der Waals surface area (Å²) in [5, 5.41) is 3.26. The van der Waals surface area contributed by atoms with Crippen LogP contribution in [0.15, 0.2) is 41.3 Å². The highest BCUT2D eigenvalue weighted by atomic mass is 35.5. The molecule has 0 spiro atoms. The molecule has 2 saturated heterocycles. The lowest BCUT2D eigenvalue weighted by Crippen LogP contribution is -2.52. The van der Waals surface area contributed by atoms with E-state index in [9.17, 15) is 4.39 Å². The Bertz CT molecular complexity index is 666. The van der Waals surface area contributed by atoms with Crippen LogP contribution in [-0.2, 0) is 0 Å². The van der Waals surface area contributed by atoms with Gasteiger partial charge >= 0.3 is 0 Å². The van der Waals surface area contributed by atoms with Gasteiger partial charge in [0.2, 0.25) is 0 Å². The van der Waals surface area contributed by atoms with Crippen LogP contribution in [-0.4, -0.2) is 60.3 Å². The van der Waals surface area contributed by atoms with Gasteiger partial charge in [0.25, 0.3) is 0 Å². The van der Waals surface area contributed by atoms with Crippen LogP contribution < -0.4 is 10.1 Å². The minimum absolute atomic E-state index is 0.236. The fourth-order valence-electron chi connectivity index (χ4n) is 3.81. The Morgan fingerprint density at radius 1 is 1.24 bits per heavy atom. The van der Waals surface area contributed by atoms with E-state index in [1.807, 2.05) is 6.20 Å². The molecule has 3 aliphatic rings. The number of rotatable bonds is 4. The molecule has 0 amide bonds. The molecule has 5 nitrogen and oxygen atoms in total. The molecular weight excluding hydrogens is 343 g/mol. The molecule has 25 heavy (non-hydrogen) atoms. The zero-order valence-corrected chi connectivity index (χ0v) is 14.7. The summed E-state index contributed by atoms with van der Waals surface area (Å²) in [6.07, 6.45) is 4.65. The zero-order valence-electron chi connectivity index (χ0n) is 13.9. The summed E-state index contributed by atoms with van der Waals surface area (Å²) in [6, 6.07) is 6.76. The quantitative estimate of drug-likeness (QED) is 0.657. The van der Waals surface area contributed by atoms with Crippen molar-refractivity contribution < 1.29 is 9.13 Å². The number of halogens is 2. The second-order valence-corrected chi connectivity index (χ2v) is 7.29. The molecule has 0 saturated carbocycles. The molecule has 1 aromatic carbocycles.